The van der Waals surface area contributed by atoms with Crippen LogP contribution in [-0.2, 0) is 4.79 Å². The molecule has 4 N–H and O–H groups in total. The fourth-order valence-electron chi connectivity index (χ4n) is 1.78. The van der Waals surface area contributed by atoms with Crippen molar-refractivity contribution in [2.24, 2.45) is 5.73 Å². The Labute approximate surface area is 102 Å². The van der Waals surface area contributed by atoms with Gasteiger partial charge in [0.15, 0.2) is 0 Å². The highest BCUT2D eigenvalue weighted by atomic mass is 16.2. The Balaban J connectivity index is 2.23. The maximum atomic E-state index is 11.5. The minimum absolute atomic E-state index is 0.0239. The SMILES string of the molecule is CC(C)NC(=O)NC(=O)CN1CCC(N)CC1. The zero-order valence-corrected chi connectivity index (χ0v) is 10.5. The molecule has 6 heteroatoms. The van der Waals surface area contributed by atoms with Gasteiger partial charge in [-0.05, 0) is 26.7 Å². The molecule has 0 aromatic rings. The highest BCUT2D eigenvalue weighted by Crippen LogP contribution is 2.06. The summed E-state index contributed by atoms with van der Waals surface area (Å²) in [6.45, 7) is 5.59. The number of hydrogen-bond donors (Lipinski definition) is 3. The van der Waals surface area contributed by atoms with Crippen molar-refractivity contribution < 1.29 is 9.59 Å². The first-order valence-corrected chi connectivity index (χ1v) is 6.05. The second-order valence-electron chi connectivity index (χ2n) is 4.79. The number of amides is 3. The first-order chi connectivity index (χ1) is 7.97. The fourth-order valence-corrected chi connectivity index (χ4v) is 1.78. The third-order valence-electron chi connectivity index (χ3n) is 2.67. The monoisotopic (exact) mass is 242 g/mol. The van der Waals surface area contributed by atoms with Crippen LogP contribution in [0.4, 0.5) is 4.79 Å². The summed E-state index contributed by atoms with van der Waals surface area (Å²) in [5, 5.41) is 4.92. The molecule has 1 fully saturated rings. The van der Waals surface area contributed by atoms with Crippen molar-refractivity contribution in [1.82, 2.24) is 15.5 Å². The zero-order valence-electron chi connectivity index (χ0n) is 10.5. The molecule has 0 radical (unpaired) electrons. The van der Waals surface area contributed by atoms with Crippen molar-refractivity contribution in [3.8, 4) is 0 Å². The number of rotatable bonds is 3. The van der Waals surface area contributed by atoms with Gasteiger partial charge in [0, 0.05) is 25.2 Å². The minimum Gasteiger partial charge on any atom is -0.336 e. The summed E-state index contributed by atoms with van der Waals surface area (Å²) in [6, 6.07) is -0.159. The second-order valence-corrected chi connectivity index (χ2v) is 4.79. The van der Waals surface area contributed by atoms with Crippen LogP contribution >= 0.6 is 0 Å². The lowest BCUT2D eigenvalue weighted by molar-refractivity contribution is -0.121. The Kier molecular flexibility index (Phi) is 5.37. The zero-order chi connectivity index (χ0) is 12.8. The van der Waals surface area contributed by atoms with E-state index in [1.165, 1.54) is 0 Å². The van der Waals surface area contributed by atoms with Gasteiger partial charge in [-0.3, -0.25) is 15.0 Å². The topological polar surface area (TPSA) is 87.5 Å². The number of nitrogens with one attached hydrogen (secondary N) is 2. The van der Waals surface area contributed by atoms with E-state index in [1.54, 1.807) is 0 Å². The lowest BCUT2D eigenvalue weighted by Gasteiger charge is -2.29. The fraction of sp³-hybridized carbons (Fsp3) is 0.818. The second kappa shape index (κ2) is 6.56. The lowest BCUT2D eigenvalue weighted by Crippen LogP contribution is -2.48. The van der Waals surface area contributed by atoms with E-state index in [9.17, 15) is 9.59 Å². The molecule has 0 saturated carbocycles. The van der Waals surface area contributed by atoms with Crippen molar-refractivity contribution in [2.75, 3.05) is 19.6 Å². The van der Waals surface area contributed by atoms with Gasteiger partial charge in [-0.1, -0.05) is 0 Å². The summed E-state index contributed by atoms with van der Waals surface area (Å²) in [7, 11) is 0. The van der Waals surface area contributed by atoms with Crippen LogP contribution in [-0.4, -0.2) is 48.6 Å². The van der Waals surface area contributed by atoms with Gasteiger partial charge in [0.05, 0.1) is 6.54 Å². The lowest BCUT2D eigenvalue weighted by atomic mass is 10.1. The van der Waals surface area contributed by atoms with Crippen LogP contribution in [0, 0.1) is 0 Å². The van der Waals surface area contributed by atoms with Crippen LogP contribution in [0.2, 0.25) is 0 Å². The largest absolute Gasteiger partial charge is 0.336 e. The van der Waals surface area contributed by atoms with Gasteiger partial charge in [0.1, 0.15) is 0 Å². The van der Waals surface area contributed by atoms with Gasteiger partial charge in [-0.25, -0.2) is 4.79 Å². The number of piperidine rings is 1. The number of urea groups is 1. The standard InChI is InChI=1S/C11H22N4O2/c1-8(2)13-11(17)14-10(16)7-15-5-3-9(12)4-6-15/h8-9H,3-7,12H2,1-2H3,(H2,13,14,16,17). The van der Waals surface area contributed by atoms with Crippen LogP contribution < -0.4 is 16.4 Å². The van der Waals surface area contributed by atoms with E-state index in [0.717, 1.165) is 25.9 Å². The summed E-state index contributed by atoms with van der Waals surface area (Å²) >= 11 is 0. The van der Waals surface area contributed by atoms with Gasteiger partial charge >= 0.3 is 6.03 Å². The summed E-state index contributed by atoms with van der Waals surface area (Å²) in [5.74, 6) is -0.265. The molecular formula is C11H22N4O2. The molecule has 3 amide bonds. The molecule has 0 bridgehead atoms. The predicted octanol–water partition coefficient (Wildman–Crippen LogP) is -0.356. The minimum atomic E-state index is -0.432. The number of carbonyl (C=O) groups excluding carboxylic acids is 2. The van der Waals surface area contributed by atoms with E-state index in [4.69, 9.17) is 5.73 Å². The summed E-state index contributed by atoms with van der Waals surface area (Å²) in [5.41, 5.74) is 5.77. The summed E-state index contributed by atoms with van der Waals surface area (Å²) in [6.07, 6.45) is 1.82. The van der Waals surface area contributed by atoms with Gasteiger partial charge in [-0.15, -0.1) is 0 Å². The van der Waals surface area contributed by atoms with E-state index in [0.29, 0.717) is 0 Å². The first-order valence-electron chi connectivity index (χ1n) is 6.05. The Morgan fingerprint density at radius 2 is 1.94 bits per heavy atom. The predicted molar refractivity (Wildman–Crippen MR) is 65.5 cm³/mol. The van der Waals surface area contributed by atoms with Crippen LogP contribution in [0.5, 0.6) is 0 Å². The molecule has 1 aliphatic heterocycles. The molecule has 0 spiro atoms. The third-order valence-corrected chi connectivity index (χ3v) is 2.67. The average molecular weight is 242 g/mol. The third kappa shape index (κ3) is 5.65. The van der Waals surface area contributed by atoms with Crippen molar-refractivity contribution in [3.05, 3.63) is 0 Å². The number of imide groups is 1. The summed E-state index contributed by atoms with van der Waals surface area (Å²) in [4.78, 5) is 24.8. The van der Waals surface area contributed by atoms with Crippen molar-refractivity contribution in [1.29, 1.82) is 0 Å². The molecule has 1 saturated heterocycles. The van der Waals surface area contributed by atoms with E-state index >= 15 is 0 Å². The number of nitrogens with two attached hydrogens (primary N) is 1. The molecule has 1 aliphatic rings. The van der Waals surface area contributed by atoms with Gasteiger partial charge < -0.3 is 11.1 Å². The van der Waals surface area contributed by atoms with E-state index in [2.05, 4.69) is 10.6 Å². The van der Waals surface area contributed by atoms with E-state index in [-0.39, 0.29) is 24.5 Å². The molecule has 0 aliphatic carbocycles. The quantitative estimate of drug-likeness (QED) is 0.631. The maximum absolute atomic E-state index is 11.5. The molecule has 1 rings (SSSR count). The molecular weight excluding hydrogens is 220 g/mol. The Bertz CT molecular complexity index is 273. The smallest absolute Gasteiger partial charge is 0.321 e. The highest BCUT2D eigenvalue weighted by Gasteiger charge is 2.19. The summed E-state index contributed by atoms with van der Waals surface area (Å²) < 4.78 is 0. The van der Waals surface area contributed by atoms with Crippen LogP contribution in [0.1, 0.15) is 26.7 Å². The van der Waals surface area contributed by atoms with Crippen LogP contribution in [0.25, 0.3) is 0 Å². The maximum Gasteiger partial charge on any atom is 0.321 e. The van der Waals surface area contributed by atoms with Crippen molar-refractivity contribution in [2.45, 2.75) is 38.8 Å². The molecule has 0 aromatic heterocycles. The molecule has 0 aromatic carbocycles. The van der Waals surface area contributed by atoms with Crippen molar-refractivity contribution >= 4 is 11.9 Å². The molecule has 0 unspecified atom stereocenters. The molecule has 98 valence electrons. The van der Waals surface area contributed by atoms with Crippen LogP contribution in [0.15, 0.2) is 0 Å². The first kappa shape index (κ1) is 13.9. The Morgan fingerprint density at radius 3 is 2.47 bits per heavy atom. The van der Waals surface area contributed by atoms with Gasteiger partial charge in [-0.2, -0.15) is 0 Å². The Hall–Kier alpha value is -1.14. The molecule has 0 atom stereocenters. The van der Waals surface area contributed by atoms with Gasteiger partial charge in [0.25, 0.3) is 0 Å². The normalized spacial score (nSPS) is 18.1. The highest BCUT2D eigenvalue weighted by molar-refractivity contribution is 5.95. The Morgan fingerprint density at radius 1 is 1.35 bits per heavy atom. The number of likely N-dealkylation sites (tertiary alicyclic amines) is 1. The molecule has 6 nitrogen and oxygen atoms in total. The molecule has 17 heavy (non-hydrogen) atoms. The van der Waals surface area contributed by atoms with Crippen molar-refractivity contribution in [3.63, 3.8) is 0 Å². The van der Waals surface area contributed by atoms with Gasteiger partial charge in [0.2, 0.25) is 5.91 Å². The average Bonchev–Trinajstić information content (AvgIpc) is 2.19. The van der Waals surface area contributed by atoms with Crippen LogP contribution in [0.3, 0.4) is 0 Å². The number of carbonyl (C=O) groups is 2. The van der Waals surface area contributed by atoms with E-state index < -0.39 is 6.03 Å². The molecule has 1 heterocycles. The number of hydrogen-bond acceptors (Lipinski definition) is 4. The van der Waals surface area contributed by atoms with E-state index in [1.807, 2.05) is 18.7 Å². The number of nitrogens with zero attached hydrogens (tertiary/aromatic N) is 1.